The summed E-state index contributed by atoms with van der Waals surface area (Å²) >= 11 is 0. The number of rotatable bonds is 4. The molecule has 0 aromatic carbocycles. The standard InChI is InChI=1S/C11H21N5O3S/c1-20(18,19)9-10(13)16(6-7-17)14-11(9)15-4-2-8(12)3-5-15/h8,17H,2-7,12-13H2,1H3. The van der Waals surface area contributed by atoms with Crippen molar-refractivity contribution in [1.82, 2.24) is 9.78 Å². The highest BCUT2D eigenvalue weighted by Gasteiger charge is 2.29. The van der Waals surface area contributed by atoms with Crippen LogP contribution in [0.2, 0.25) is 0 Å². The average molecular weight is 303 g/mol. The number of hydrogen-bond acceptors (Lipinski definition) is 7. The Balaban J connectivity index is 2.43. The fraction of sp³-hybridized carbons (Fsp3) is 0.727. The molecule has 0 bridgehead atoms. The zero-order valence-corrected chi connectivity index (χ0v) is 12.3. The smallest absolute Gasteiger partial charge is 0.182 e. The Morgan fingerprint density at radius 1 is 1.40 bits per heavy atom. The maximum Gasteiger partial charge on any atom is 0.182 e. The van der Waals surface area contributed by atoms with Crippen molar-refractivity contribution in [2.75, 3.05) is 36.6 Å². The van der Waals surface area contributed by atoms with E-state index in [0.29, 0.717) is 18.9 Å². The van der Waals surface area contributed by atoms with Gasteiger partial charge in [0.15, 0.2) is 20.6 Å². The van der Waals surface area contributed by atoms with Gasteiger partial charge in [-0.05, 0) is 12.8 Å². The Hall–Kier alpha value is -1.32. The average Bonchev–Trinajstić information content (AvgIpc) is 2.68. The molecule has 5 N–H and O–H groups in total. The Bertz CT molecular complexity index is 575. The second kappa shape index (κ2) is 5.58. The van der Waals surface area contributed by atoms with Crippen molar-refractivity contribution in [2.45, 2.75) is 30.3 Å². The fourth-order valence-corrected chi connectivity index (χ4v) is 3.37. The summed E-state index contributed by atoms with van der Waals surface area (Å²) in [6.07, 6.45) is 2.69. The highest BCUT2D eigenvalue weighted by atomic mass is 32.2. The van der Waals surface area contributed by atoms with Gasteiger partial charge in [-0.15, -0.1) is 0 Å². The number of piperidine rings is 1. The maximum absolute atomic E-state index is 12.0. The predicted octanol–water partition coefficient (Wildman–Crippen LogP) is -1.21. The molecule has 114 valence electrons. The van der Waals surface area contributed by atoms with Crippen LogP contribution in [0, 0.1) is 0 Å². The van der Waals surface area contributed by atoms with Gasteiger partial charge in [0.05, 0.1) is 13.2 Å². The van der Waals surface area contributed by atoms with Crippen molar-refractivity contribution in [1.29, 1.82) is 0 Å². The topological polar surface area (TPSA) is 127 Å². The van der Waals surface area contributed by atoms with Crippen molar-refractivity contribution in [2.24, 2.45) is 5.73 Å². The molecule has 2 rings (SSSR count). The lowest BCUT2D eigenvalue weighted by atomic mass is 10.1. The van der Waals surface area contributed by atoms with Gasteiger partial charge in [-0.2, -0.15) is 5.10 Å². The number of nitrogens with two attached hydrogens (primary N) is 2. The molecule has 20 heavy (non-hydrogen) atoms. The van der Waals surface area contributed by atoms with E-state index in [0.717, 1.165) is 19.1 Å². The molecule has 1 saturated heterocycles. The van der Waals surface area contributed by atoms with Crippen LogP contribution in [0.25, 0.3) is 0 Å². The molecule has 0 spiro atoms. The second-order valence-electron chi connectivity index (χ2n) is 5.08. The van der Waals surface area contributed by atoms with Gasteiger partial charge in [0.25, 0.3) is 0 Å². The number of nitrogen functional groups attached to an aromatic ring is 1. The summed E-state index contributed by atoms with van der Waals surface area (Å²) in [7, 11) is -3.49. The van der Waals surface area contributed by atoms with Crippen LogP contribution in [0.3, 0.4) is 0 Å². The molecular weight excluding hydrogens is 282 g/mol. The summed E-state index contributed by atoms with van der Waals surface area (Å²) in [5, 5.41) is 13.2. The normalized spacial score (nSPS) is 17.6. The SMILES string of the molecule is CS(=O)(=O)c1c(N2CCC(N)CC2)nn(CCO)c1N. The molecule has 8 nitrogen and oxygen atoms in total. The summed E-state index contributed by atoms with van der Waals surface area (Å²) in [5.41, 5.74) is 11.7. The number of nitrogens with zero attached hydrogens (tertiary/aromatic N) is 3. The number of hydrogen-bond donors (Lipinski definition) is 3. The number of anilines is 2. The van der Waals surface area contributed by atoms with Crippen molar-refractivity contribution >= 4 is 21.5 Å². The van der Waals surface area contributed by atoms with E-state index in [1.165, 1.54) is 4.68 Å². The Labute approximate surface area is 118 Å². The minimum absolute atomic E-state index is 0.0430. The molecule has 0 radical (unpaired) electrons. The van der Waals surface area contributed by atoms with E-state index in [9.17, 15) is 8.42 Å². The first-order valence-corrected chi connectivity index (χ1v) is 8.41. The number of aliphatic hydroxyl groups is 1. The van der Waals surface area contributed by atoms with Crippen molar-refractivity contribution < 1.29 is 13.5 Å². The summed E-state index contributed by atoms with van der Waals surface area (Å²) in [5.74, 6) is 0.441. The van der Waals surface area contributed by atoms with Gasteiger partial charge in [0.1, 0.15) is 5.82 Å². The highest BCUT2D eigenvalue weighted by Crippen LogP contribution is 2.31. The molecule has 1 aliphatic rings. The van der Waals surface area contributed by atoms with E-state index in [1.807, 2.05) is 4.90 Å². The van der Waals surface area contributed by atoms with Crippen molar-refractivity contribution in [3.63, 3.8) is 0 Å². The third-order valence-electron chi connectivity index (χ3n) is 3.45. The zero-order chi connectivity index (χ0) is 14.9. The van der Waals surface area contributed by atoms with Crippen LogP contribution in [-0.4, -0.2) is 55.3 Å². The molecule has 0 saturated carbocycles. The first-order chi connectivity index (χ1) is 9.34. The molecule has 1 aromatic heterocycles. The largest absolute Gasteiger partial charge is 0.394 e. The van der Waals surface area contributed by atoms with Crippen LogP contribution in [0.15, 0.2) is 4.90 Å². The lowest BCUT2D eigenvalue weighted by molar-refractivity contribution is 0.270. The zero-order valence-electron chi connectivity index (χ0n) is 11.5. The van der Waals surface area contributed by atoms with E-state index in [4.69, 9.17) is 16.6 Å². The van der Waals surface area contributed by atoms with Crippen LogP contribution in [0.1, 0.15) is 12.8 Å². The van der Waals surface area contributed by atoms with Crippen LogP contribution >= 0.6 is 0 Å². The maximum atomic E-state index is 12.0. The Morgan fingerprint density at radius 3 is 2.50 bits per heavy atom. The van der Waals surface area contributed by atoms with E-state index in [2.05, 4.69) is 5.10 Å². The van der Waals surface area contributed by atoms with Gasteiger partial charge in [-0.3, -0.25) is 0 Å². The third kappa shape index (κ3) is 2.89. The van der Waals surface area contributed by atoms with Gasteiger partial charge in [0, 0.05) is 25.4 Å². The van der Waals surface area contributed by atoms with E-state index in [-0.39, 0.29) is 29.9 Å². The third-order valence-corrected chi connectivity index (χ3v) is 4.58. The van der Waals surface area contributed by atoms with Gasteiger partial charge in [-0.25, -0.2) is 13.1 Å². The first-order valence-electron chi connectivity index (χ1n) is 6.52. The molecule has 0 atom stereocenters. The minimum atomic E-state index is -3.49. The van der Waals surface area contributed by atoms with Crippen LogP contribution in [0.4, 0.5) is 11.6 Å². The van der Waals surface area contributed by atoms with E-state index in [1.54, 1.807) is 0 Å². The second-order valence-corrected chi connectivity index (χ2v) is 7.03. The van der Waals surface area contributed by atoms with Crippen molar-refractivity contribution in [3.8, 4) is 0 Å². The Kier molecular flexibility index (Phi) is 4.21. The summed E-state index contributed by atoms with van der Waals surface area (Å²) < 4.78 is 25.2. The fourth-order valence-electron chi connectivity index (χ4n) is 2.38. The van der Waals surface area contributed by atoms with Gasteiger partial charge >= 0.3 is 0 Å². The molecule has 1 aliphatic heterocycles. The first kappa shape index (κ1) is 15.1. The van der Waals surface area contributed by atoms with Gasteiger partial charge in [-0.1, -0.05) is 0 Å². The molecule has 0 amide bonds. The van der Waals surface area contributed by atoms with Gasteiger partial charge in [0.2, 0.25) is 0 Å². The molecule has 1 fully saturated rings. The quantitative estimate of drug-likeness (QED) is 0.636. The van der Waals surface area contributed by atoms with Crippen molar-refractivity contribution in [3.05, 3.63) is 0 Å². The van der Waals surface area contributed by atoms with Crippen LogP contribution < -0.4 is 16.4 Å². The summed E-state index contributed by atoms with van der Waals surface area (Å²) in [6, 6.07) is 0.143. The van der Waals surface area contributed by atoms with Crippen LogP contribution in [-0.2, 0) is 16.4 Å². The molecule has 1 aromatic rings. The molecule has 2 heterocycles. The Morgan fingerprint density at radius 2 is 2.00 bits per heavy atom. The lowest BCUT2D eigenvalue weighted by Gasteiger charge is -2.30. The summed E-state index contributed by atoms with van der Waals surface area (Å²) in [6.45, 7) is 1.32. The molecular formula is C11H21N5O3S. The van der Waals surface area contributed by atoms with E-state index >= 15 is 0 Å². The summed E-state index contributed by atoms with van der Waals surface area (Å²) in [4.78, 5) is 1.94. The number of aliphatic hydroxyl groups excluding tert-OH is 1. The molecule has 0 unspecified atom stereocenters. The molecule has 0 aliphatic carbocycles. The number of sulfone groups is 1. The predicted molar refractivity (Wildman–Crippen MR) is 76.3 cm³/mol. The molecule has 9 heteroatoms. The monoisotopic (exact) mass is 303 g/mol. The van der Waals surface area contributed by atoms with Gasteiger partial charge < -0.3 is 21.5 Å². The lowest BCUT2D eigenvalue weighted by Crippen LogP contribution is -2.40. The van der Waals surface area contributed by atoms with E-state index < -0.39 is 9.84 Å². The minimum Gasteiger partial charge on any atom is -0.394 e. The highest BCUT2D eigenvalue weighted by molar-refractivity contribution is 7.91. The van der Waals surface area contributed by atoms with Crippen LogP contribution in [0.5, 0.6) is 0 Å². The number of aromatic nitrogens is 2.